The summed E-state index contributed by atoms with van der Waals surface area (Å²) in [6.07, 6.45) is 2.37. The number of nitrogens with zero attached hydrogens (tertiary/aromatic N) is 1. The van der Waals surface area contributed by atoms with Gasteiger partial charge in [-0.1, -0.05) is 0 Å². The Morgan fingerprint density at radius 3 is 2.88 bits per heavy atom. The third-order valence-electron chi connectivity index (χ3n) is 3.55. The average Bonchev–Trinajstić information content (AvgIpc) is 2.60. The van der Waals surface area contributed by atoms with Gasteiger partial charge in [0, 0.05) is 22.7 Å². The van der Waals surface area contributed by atoms with Gasteiger partial charge in [0.2, 0.25) is 0 Å². The highest BCUT2D eigenvalue weighted by molar-refractivity contribution is 7.19. The van der Waals surface area contributed by atoms with E-state index < -0.39 is 0 Å². The zero-order chi connectivity index (χ0) is 11.8. The Morgan fingerprint density at radius 1 is 1.24 bits per heavy atom. The molecular formula is C14H17NOS. The predicted molar refractivity (Wildman–Crippen MR) is 73.3 cm³/mol. The molecule has 3 rings (SSSR count). The number of fused-ring (bicyclic) bond motifs is 3. The Kier molecular flexibility index (Phi) is 2.81. The van der Waals surface area contributed by atoms with Crippen molar-refractivity contribution in [3.63, 3.8) is 0 Å². The van der Waals surface area contributed by atoms with E-state index in [0.29, 0.717) is 0 Å². The molecule has 0 aliphatic carbocycles. The second-order valence-corrected chi connectivity index (χ2v) is 5.81. The van der Waals surface area contributed by atoms with Crippen LogP contribution in [-0.2, 0) is 12.8 Å². The summed E-state index contributed by atoms with van der Waals surface area (Å²) in [5.41, 5.74) is 1.57. The van der Waals surface area contributed by atoms with Gasteiger partial charge in [0.25, 0.3) is 0 Å². The maximum atomic E-state index is 5.29. The maximum Gasteiger partial charge on any atom is 0.120 e. The molecule has 0 amide bonds. The second kappa shape index (κ2) is 4.31. The molecule has 0 spiro atoms. The fraction of sp³-hybridized carbons (Fsp3) is 0.429. The number of hydrogen-bond acceptors (Lipinski definition) is 3. The predicted octanol–water partition coefficient (Wildman–Crippen LogP) is 2.94. The molecule has 2 nitrogen and oxygen atoms in total. The van der Waals surface area contributed by atoms with Crippen molar-refractivity contribution in [1.82, 2.24) is 4.90 Å². The van der Waals surface area contributed by atoms with Gasteiger partial charge in [-0.3, -0.25) is 0 Å². The van der Waals surface area contributed by atoms with E-state index in [4.69, 9.17) is 4.74 Å². The molecule has 2 aromatic rings. The normalized spacial score (nSPS) is 16.8. The molecule has 0 radical (unpaired) electrons. The number of benzene rings is 1. The Labute approximate surface area is 106 Å². The number of methoxy groups -OCH3 is 1. The Morgan fingerprint density at radius 2 is 2.06 bits per heavy atom. The van der Waals surface area contributed by atoms with Crippen molar-refractivity contribution in [3.8, 4) is 5.75 Å². The summed E-state index contributed by atoms with van der Waals surface area (Å²) in [5, 5.41) is 1.43. The van der Waals surface area contributed by atoms with Crippen molar-refractivity contribution >= 4 is 21.4 Å². The van der Waals surface area contributed by atoms with Crippen LogP contribution >= 0.6 is 11.3 Å². The molecule has 1 aromatic carbocycles. The summed E-state index contributed by atoms with van der Waals surface area (Å²) in [6, 6.07) is 6.46. The highest BCUT2D eigenvalue weighted by Crippen LogP contribution is 2.35. The molecule has 1 aliphatic heterocycles. The van der Waals surface area contributed by atoms with Gasteiger partial charge in [-0.2, -0.15) is 0 Å². The molecule has 0 bridgehead atoms. The van der Waals surface area contributed by atoms with E-state index in [0.717, 1.165) is 5.75 Å². The Balaban J connectivity index is 2.10. The molecule has 0 atom stereocenters. The van der Waals surface area contributed by atoms with Crippen LogP contribution in [0.5, 0.6) is 5.75 Å². The Bertz CT molecular complexity index is 546. The smallest absolute Gasteiger partial charge is 0.120 e. The fourth-order valence-corrected chi connectivity index (χ4v) is 3.76. The Hall–Kier alpha value is -1.06. The number of rotatable bonds is 1. The minimum atomic E-state index is 0.964. The largest absolute Gasteiger partial charge is 0.497 e. The van der Waals surface area contributed by atoms with E-state index in [1.54, 1.807) is 17.6 Å². The molecule has 3 heteroatoms. The minimum Gasteiger partial charge on any atom is -0.497 e. The van der Waals surface area contributed by atoms with E-state index in [-0.39, 0.29) is 0 Å². The third kappa shape index (κ3) is 1.94. The first-order chi connectivity index (χ1) is 8.28. The van der Waals surface area contributed by atoms with Crippen LogP contribution in [0.15, 0.2) is 18.2 Å². The van der Waals surface area contributed by atoms with Crippen molar-refractivity contribution in [2.45, 2.75) is 12.8 Å². The van der Waals surface area contributed by atoms with E-state index in [2.05, 4.69) is 30.1 Å². The van der Waals surface area contributed by atoms with Crippen LogP contribution in [-0.4, -0.2) is 32.1 Å². The van der Waals surface area contributed by atoms with Crippen LogP contribution < -0.4 is 4.74 Å². The first-order valence-electron chi connectivity index (χ1n) is 6.05. The monoisotopic (exact) mass is 247 g/mol. The van der Waals surface area contributed by atoms with Crippen LogP contribution in [0.3, 0.4) is 0 Å². The van der Waals surface area contributed by atoms with Crippen molar-refractivity contribution in [2.75, 3.05) is 27.2 Å². The van der Waals surface area contributed by atoms with Crippen LogP contribution in [0.1, 0.15) is 10.4 Å². The lowest BCUT2D eigenvalue weighted by atomic mass is 10.1. The summed E-state index contributed by atoms with van der Waals surface area (Å²) < 4.78 is 6.67. The molecule has 1 aliphatic rings. The van der Waals surface area contributed by atoms with Gasteiger partial charge >= 0.3 is 0 Å². The van der Waals surface area contributed by atoms with Crippen molar-refractivity contribution in [3.05, 3.63) is 28.6 Å². The van der Waals surface area contributed by atoms with Crippen molar-refractivity contribution in [2.24, 2.45) is 0 Å². The van der Waals surface area contributed by atoms with Gasteiger partial charge in [0.15, 0.2) is 0 Å². The van der Waals surface area contributed by atoms with E-state index in [1.165, 1.54) is 36.0 Å². The SMILES string of the molecule is COc1ccc2c3c(sc2c1)CCN(C)CC3. The van der Waals surface area contributed by atoms with E-state index in [1.807, 2.05) is 11.3 Å². The van der Waals surface area contributed by atoms with E-state index in [9.17, 15) is 0 Å². The molecule has 0 N–H and O–H groups in total. The molecule has 0 saturated heterocycles. The average molecular weight is 247 g/mol. The highest BCUT2D eigenvalue weighted by atomic mass is 32.1. The first kappa shape index (κ1) is 11.1. The highest BCUT2D eigenvalue weighted by Gasteiger charge is 2.16. The lowest BCUT2D eigenvalue weighted by molar-refractivity contribution is 0.353. The molecule has 0 unspecified atom stereocenters. The van der Waals surface area contributed by atoms with Gasteiger partial charge in [-0.25, -0.2) is 0 Å². The van der Waals surface area contributed by atoms with Gasteiger partial charge in [0.05, 0.1) is 7.11 Å². The maximum absolute atomic E-state index is 5.29. The second-order valence-electron chi connectivity index (χ2n) is 4.67. The number of hydrogen-bond donors (Lipinski definition) is 0. The topological polar surface area (TPSA) is 12.5 Å². The molecule has 17 heavy (non-hydrogen) atoms. The fourth-order valence-electron chi connectivity index (χ4n) is 2.49. The van der Waals surface area contributed by atoms with Crippen molar-refractivity contribution < 1.29 is 4.74 Å². The van der Waals surface area contributed by atoms with Crippen LogP contribution in [0.2, 0.25) is 0 Å². The standard InChI is InChI=1S/C14H17NOS/c1-15-7-5-12-11-4-3-10(16-2)9-14(11)17-13(12)6-8-15/h3-4,9H,5-8H2,1-2H3. The van der Waals surface area contributed by atoms with Crippen LogP contribution in [0.4, 0.5) is 0 Å². The number of ether oxygens (including phenoxy) is 1. The zero-order valence-electron chi connectivity index (χ0n) is 10.3. The van der Waals surface area contributed by atoms with Gasteiger partial charge in [0.1, 0.15) is 5.75 Å². The summed E-state index contributed by atoms with van der Waals surface area (Å²) in [5.74, 6) is 0.964. The molecule has 0 saturated carbocycles. The van der Waals surface area contributed by atoms with E-state index >= 15 is 0 Å². The summed E-state index contributed by atoms with van der Waals surface area (Å²) >= 11 is 1.94. The molecule has 2 heterocycles. The summed E-state index contributed by atoms with van der Waals surface area (Å²) in [7, 11) is 3.94. The van der Waals surface area contributed by atoms with Crippen LogP contribution in [0.25, 0.3) is 10.1 Å². The molecular weight excluding hydrogens is 230 g/mol. The quantitative estimate of drug-likeness (QED) is 0.768. The van der Waals surface area contributed by atoms with Gasteiger partial charge < -0.3 is 9.64 Å². The summed E-state index contributed by atoms with van der Waals surface area (Å²) in [4.78, 5) is 3.99. The molecule has 0 fully saturated rings. The lowest BCUT2D eigenvalue weighted by Gasteiger charge is -2.11. The van der Waals surface area contributed by atoms with Crippen LogP contribution in [0, 0.1) is 0 Å². The first-order valence-corrected chi connectivity index (χ1v) is 6.86. The molecule has 1 aromatic heterocycles. The van der Waals surface area contributed by atoms with Crippen molar-refractivity contribution in [1.29, 1.82) is 0 Å². The minimum absolute atomic E-state index is 0.964. The van der Waals surface area contributed by atoms with Gasteiger partial charge in [-0.15, -0.1) is 11.3 Å². The third-order valence-corrected chi connectivity index (χ3v) is 4.80. The lowest BCUT2D eigenvalue weighted by Crippen LogP contribution is -2.20. The van der Waals surface area contributed by atoms with Gasteiger partial charge in [-0.05, 0) is 49.0 Å². The number of likely N-dealkylation sites (N-methyl/N-ethyl adjacent to an activating group) is 1. The number of thiophene rings is 1. The zero-order valence-corrected chi connectivity index (χ0v) is 11.1. The molecule has 90 valence electrons. The summed E-state index contributed by atoms with van der Waals surface area (Å²) in [6.45, 7) is 2.35.